The lowest BCUT2D eigenvalue weighted by atomic mass is 9.96. The predicted octanol–water partition coefficient (Wildman–Crippen LogP) is -1.92. The molecule has 2 aromatic carbocycles. The number of benzene rings is 2. The van der Waals surface area contributed by atoms with Crippen LogP contribution in [0.5, 0.6) is 11.5 Å². The van der Waals surface area contributed by atoms with Gasteiger partial charge in [0.25, 0.3) is 0 Å². The summed E-state index contributed by atoms with van der Waals surface area (Å²) in [7, 11) is 2.19. The second-order valence-electron chi connectivity index (χ2n) is 19.9. The van der Waals surface area contributed by atoms with Gasteiger partial charge in [0, 0.05) is 37.3 Å². The number of likely N-dealkylation sites (tertiary alicyclic amines) is 1. The van der Waals surface area contributed by atoms with Gasteiger partial charge in [0.05, 0.1) is 32.3 Å². The number of carbonyl (C=O) groups is 11. The molecular weight excluding hydrogens is 1100 g/mol. The minimum Gasteiger partial charge on any atom is -0.494 e. The van der Waals surface area contributed by atoms with Crippen molar-refractivity contribution in [3.63, 3.8) is 0 Å². The summed E-state index contributed by atoms with van der Waals surface area (Å²) in [6.45, 7) is 8.76. The first-order chi connectivity index (χ1) is 39.1. The van der Waals surface area contributed by atoms with Crippen LogP contribution in [0.15, 0.2) is 48.5 Å². The normalized spacial score (nSPS) is 23.0. The van der Waals surface area contributed by atoms with Gasteiger partial charge in [0.2, 0.25) is 65.0 Å². The maximum Gasteiger partial charge on any atom is 0.246 e. The van der Waals surface area contributed by atoms with Gasteiger partial charge < -0.3 is 79.2 Å². The molecule has 2 saturated heterocycles. The van der Waals surface area contributed by atoms with Crippen molar-refractivity contribution in [2.24, 2.45) is 23.1 Å². The van der Waals surface area contributed by atoms with Gasteiger partial charge in [-0.3, -0.25) is 52.7 Å². The Balaban J connectivity index is 1.75. The van der Waals surface area contributed by atoms with Gasteiger partial charge in [-0.2, -0.15) is 0 Å². The van der Waals surface area contributed by atoms with Crippen LogP contribution in [-0.4, -0.2) is 174 Å². The fourth-order valence-corrected chi connectivity index (χ4v) is 11.0. The molecule has 2 fully saturated rings. The molecule has 2 aliphatic heterocycles. The number of nitrogens with two attached hydrogens (primary N) is 3. The average molecular weight is 1190 g/mol. The maximum absolute atomic E-state index is 14.7. The minimum absolute atomic E-state index is 0.0312. The van der Waals surface area contributed by atoms with Gasteiger partial charge in [-0.25, -0.2) is 0 Å². The number of primary amides is 2. The fraction of sp³-hybridized carbons (Fsp3) is 0.574. The number of aliphatic hydroxyl groups excluding tert-OH is 1. The SMILES string of the molecule is CCOc1ccc(C[C@H]2NC(=O)CCSSC[C@@H](C(=O)N3CCC[C@H]3C(=O)N[C@@H](CCCN)C(=O)NCC(N)=O)NC(=O)[C@H](CC(N)=O)NC(=O)[C@H]([C@@H](C)O)NC(=O)[C@H]([C@@H](C)CC)NC(=O)[C@@H](Cc3ccc(OCC)cc3)NC2=O)cc1. The van der Waals surface area contributed by atoms with Gasteiger partial charge in [0.1, 0.15) is 59.8 Å². The summed E-state index contributed by atoms with van der Waals surface area (Å²) in [4.78, 5) is 153. The minimum atomic E-state index is -1.81. The molecule has 11 amide bonds. The van der Waals surface area contributed by atoms with Crippen molar-refractivity contribution in [2.45, 2.75) is 147 Å². The van der Waals surface area contributed by atoms with E-state index in [0.717, 1.165) is 21.6 Å². The Morgan fingerprint density at radius 1 is 0.720 bits per heavy atom. The van der Waals surface area contributed by atoms with E-state index in [-0.39, 0.29) is 56.7 Å². The molecule has 28 heteroatoms. The van der Waals surface area contributed by atoms with Gasteiger partial charge in [-0.05, 0) is 94.3 Å². The van der Waals surface area contributed by atoms with E-state index >= 15 is 0 Å². The molecular formula is C54H80N12O14S2. The van der Waals surface area contributed by atoms with Crippen molar-refractivity contribution in [3.05, 3.63) is 59.7 Å². The molecule has 0 spiro atoms. The van der Waals surface area contributed by atoms with E-state index in [1.807, 2.05) is 13.8 Å². The molecule has 2 heterocycles. The third kappa shape index (κ3) is 21.6. The molecule has 82 heavy (non-hydrogen) atoms. The van der Waals surface area contributed by atoms with Crippen LogP contribution in [0.3, 0.4) is 0 Å². The molecule has 4 rings (SSSR count). The molecule has 452 valence electrons. The lowest BCUT2D eigenvalue weighted by Gasteiger charge is -2.31. The predicted molar refractivity (Wildman–Crippen MR) is 306 cm³/mol. The van der Waals surface area contributed by atoms with E-state index in [1.165, 1.54) is 11.8 Å². The summed E-state index contributed by atoms with van der Waals surface area (Å²) < 4.78 is 11.2. The summed E-state index contributed by atoms with van der Waals surface area (Å²) >= 11 is 0. The van der Waals surface area contributed by atoms with Crippen molar-refractivity contribution in [1.29, 1.82) is 0 Å². The molecule has 0 saturated carbocycles. The van der Waals surface area contributed by atoms with Crippen molar-refractivity contribution < 1.29 is 67.3 Å². The molecule has 15 N–H and O–H groups in total. The smallest absolute Gasteiger partial charge is 0.246 e. The fourth-order valence-electron chi connectivity index (χ4n) is 8.90. The third-order valence-electron chi connectivity index (χ3n) is 13.5. The van der Waals surface area contributed by atoms with E-state index in [0.29, 0.717) is 55.1 Å². The largest absolute Gasteiger partial charge is 0.494 e. The highest BCUT2D eigenvalue weighted by Crippen LogP contribution is 2.26. The topological polar surface area (TPSA) is 404 Å². The van der Waals surface area contributed by atoms with Crippen molar-refractivity contribution >= 4 is 86.6 Å². The van der Waals surface area contributed by atoms with Crippen LogP contribution < -0.4 is 69.2 Å². The molecule has 0 aromatic heterocycles. The number of hydrogen-bond donors (Lipinski definition) is 12. The van der Waals surface area contributed by atoms with Gasteiger partial charge >= 0.3 is 0 Å². The summed E-state index contributed by atoms with van der Waals surface area (Å²) in [5.41, 5.74) is 17.7. The van der Waals surface area contributed by atoms with E-state index in [9.17, 15) is 57.8 Å². The van der Waals surface area contributed by atoms with Gasteiger partial charge in [-0.1, -0.05) is 66.1 Å². The number of amides is 11. The van der Waals surface area contributed by atoms with Crippen molar-refractivity contribution in [1.82, 2.24) is 47.4 Å². The second kappa shape index (κ2) is 34.3. The van der Waals surface area contributed by atoms with E-state index in [2.05, 4.69) is 42.5 Å². The number of ether oxygens (including phenoxy) is 2. The van der Waals surface area contributed by atoms with Crippen LogP contribution in [0.2, 0.25) is 0 Å². The quantitative estimate of drug-likeness (QED) is 0.0572. The summed E-state index contributed by atoms with van der Waals surface area (Å²) in [6, 6.07) is 2.31. The number of hydrogen-bond acceptors (Lipinski definition) is 17. The Labute approximate surface area is 484 Å². The number of rotatable bonds is 22. The van der Waals surface area contributed by atoms with Crippen molar-refractivity contribution in [2.75, 3.05) is 44.4 Å². The maximum atomic E-state index is 14.7. The lowest BCUT2D eigenvalue weighted by molar-refractivity contribution is -0.142. The number of carbonyl (C=O) groups excluding carboxylic acids is 11. The summed E-state index contributed by atoms with van der Waals surface area (Å²) in [6.07, 6.45) is -1.58. The second-order valence-corrected chi connectivity index (χ2v) is 22.5. The molecule has 2 aromatic rings. The van der Waals surface area contributed by atoms with Gasteiger partial charge in [-0.15, -0.1) is 0 Å². The Kier molecular flexibility index (Phi) is 28.2. The van der Waals surface area contributed by atoms with E-state index in [1.54, 1.807) is 62.4 Å². The highest BCUT2D eigenvalue weighted by Gasteiger charge is 2.41. The Morgan fingerprint density at radius 2 is 1.27 bits per heavy atom. The first kappa shape index (κ1) is 67.3. The molecule has 0 aliphatic carbocycles. The molecule has 26 nitrogen and oxygen atoms in total. The molecule has 10 atom stereocenters. The molecule has 0 radical (unpaired) electrons. The van der Waals surface area contributed by atoms with Crippen LogP contribution in [0.4, 0.5) is 0 Å². The van der Waals surface area contributed by atoms with Crippen LogP contribution in [0.1, 0.15) is 90.7 Å². The zero-order valence-electron chi connectivity index (χ0n) is 47.0. The number of nitrogens with one attached hydrogen (secondary N) is 8. The zero-order chi connectivity index (χ0) is 60.5. The lowest BCUT2D eigenvalue weighted by Crippen LogP contribution is -2.63. The number of nitrogens with zero attached hydrogens (tertiary/aromatic N) is 1. The summed E-state index contributed by atoms with van der Waals surface area (Å²) in [5.74, 6) is -8.95. The Bertz CT molecular complexity index is 2530. The Hall–Kier alpha value is -7.17. The molecule has 0 unspecified atom stereocenters. The Morgan fingerprint density at radius 3 is 1.82 bits per heavy atom. The first-order valence-corrected chi connectivity index (χ1v) is 29.9. The summed E-state index contributed by atoms with van der Waals surface area (Å²) in [5, 5.41) is 31.8. The van der Waals surface area contributed by atoms with Crippen LogP contribution >= 0.6 is 21.6 Å². The first-order valence-electron chi connectivity index (χ1n) is 27.4. The molecule has 2 aliphatic rings. The monoisotopic (exact) mass is 1180 g/mol. The molecule has 0 bridgehead atoms. The zero-order valence-corrected chi connectivity index (χ0v) is 48.6. The standard InChI is InChI=1S/C54H80N12O14S2/c1-6-30(4)45-52(76)65-46(31(5)67)53(77)62-39(27-42(56)68)49(73)63-40(54(78)66-23-10-12-41(66)51(75)60-36(11-9-22-55)47(71)58-28-43(57)69)29-82-81-24-21-44(70)59-37(25-32-13-17-34(18-14-32)79-7-2)48(72)61-38(50(74)64-45)26-33-15-19-35(20-16-33)80-8-3/h13-20,30-31,36-41,45-46,67H,6-12,21-29,55H2,1-5H3,(H2,56,68)(H2,57,69)(H,58,71)(H,59,70)(H,60,75)(H,61,72)(H,62,77)(H,63,73)(H,64,74)(H,65,76)/t30-,31+,36-,37+,38+,39-,40-,41-,45-,46-/m0/s1. The number of aliphatic hydroxyl groups is 1. The van der Waals surface area contributed by atoms with E-state index < -0.39 is 138 Å². The van der Waals surface area contributed by atoms with Crippen molar-refractivity contribution in [3.8, 4) is 11.5 Å². The van der Waals surface area contributed by atoms with Crippen LogP contribution in [-0.2, 0) is 65.6 Å². The van der Waals surface area contributed by atoms with Crippen LogP contribution in [0.25, 0.3) is 0 Å². The van der Waals surface area contributed by atoms with Crippen LogP contribution in [0, 0.1) is 5.92 Å². The average Bonchev–Trinajstić information content (AvgIpc) is 3.99. The third-order valence-corrected chi connectivity index (χ3v) is 15.9. The van der Waals surface area contributed by atoms with Gasteiger partial charge in [0.15, 0.2) is 0 Å². The highest BCUT2D eigenvalue weighted by atomic mass is 33.1. The van der Waals surface area contributed by atoms with E-state index in [4.69, 9.17) is 26.7 Å². The highest BCUT2D eigenvalue weighted by molar-refractivity contribution is 8.76.